The summed E-state index contributed by atoms with van der Waals surface area (Å²) in [7, 11) is 2.23. The fraction of sp³-hybridized carbons (Fsp3) is 1.00. The first-order chi connectivity index (χ1) is 7.74. The van der Waals surface area contributed by atoms with Crippen molar-refractivity contribution in [3.8, 4) is 0 Å². The van der Waals surface area contributed by atoms with Gasteiger partial charge in [-0.15, -0.1) is 0 Å². The van der Waals surface area contributed by atoms with Crippen LogP contribution >= 0.6 is 0 Å². The van der Waals surface area contributed by atoms with Crippen LogP contribution in [0.3, 0.4) is 0 Å². The molecule has 0 amide bonds. The average Bonchev–Trinajstić information content (AvgIpc) is 2.19. The van der Waals surface area contributed by atoms with Crippen molar-refractivity contribution in [1.82, 2.24) is 10.2 Å². The molecule has 0 saturated carbocycles. The number of nitrogens with zero attached hydrogens (tertiary/aromatic N) is 1. The molecule has 1 aliphatic rings. The Morgan fingerprint density at radius 3 is 2.41 bits per heavy atom. The van der Waals surface area contributed by atoms with Crippen molar-refractivity contribution < 1.29 is 5.11 Å². The lowest BCUT2D eigenvalue weighted by molar-refractivity contribution is -0.00541. The van der Waals surface area contributed by atoms with Crippen LogP contribution in [0.5, 0.6) is 0 Å². The number of aliphatic hydroxyl groups is 1. The van der Waals surface area contributed by atoms with E-state index in [2.05, 4.69) is 31.1 Å². The summed E-state index contributed by atoms with van der Waals surface area (Å²) in [5.74, 6) is 0. The molecule has 102 valence electrons. The molecule has 1 saturated heterocycles. The van der Waals surface area contributed by atoms with E-state index < -0.39 is 5.60 Å². The lowest BCUT2D eigenvalue weighted by Gasteiger charge is -2.39. The smallest absolute Gasteiger partial charge is 0.0767 e. The van der Waals surface area contributed by atoms with E-state index in [-0.39, 0.29) is 5.54 Å². The molecule has 1 heterocycles. The quantitative estimate of drug-likeness (QED) is 0.774. The second kappa shape index (κ2) is 5.68. The van der Waals surface area contributed by atoms with Crippen LogP contribution in [0.1, 0.15) is 53.4 Å². The molecule has 2 N–H and O–H groups in total. The van der Waals surface area contributed by atoms with Gasteiger partial charge in [0.2, 0.25) is 0 Å². The van der Waals surface area contributed by atoms with Crippen LogP contribution in [0.2, 0.25) is 0 Å². The van der Waals surface area contributed by atoms with Crippen LogP contribution in [0.25, 0.3) is 0 Å². The minimum atomic E-state index is -0.689. The third-order valence-electron chi connectivity index (χ3n) is 4.50. The van der Waals surface area contributed by atoms with E-state index in [4.69, 9.17) is 0 Å². The number of hydrogen-bond donors (Lipinski definition) is 2. The first kappa shape index (κ1) is 14.9. The fourth-order valence-corrected chi connectivity index (χ4v) is 2.28. The number of nitrogens with one attached hydrogen (secondary N) is 1. The molecule has 17 heavy (non-hydrogen) atoms. The van der Waals surface area contributed by atoms with Crippen LogP contribution in [0.15, 0.2) is 0 Å². The molecule has 1 unspecified atom stereocenters. The summed E-state index contributed by atoms with van der Waals surface area (Å²) in [4.78, 5) is 2.47. The molecule has 1 aliphatic heterocycles. The zero-order chi connectivity index (χ0) is 13.1. The minimum Gasteiger partial charge on any atom is -0.389 e. The number of likely N-dealkylation sites (tertiary alicyclic amines) is 1. The second-order valence-corrected chi connectivity index (χ2v) is 6.53. The van der Waals surface area contributed by atoms with Gasteiger partial charge in [0.25, 0.3) is 0 Å². The Morgan fingerprint density at radius 2 is 1.88 bits per heavy atom. The summed E-state index contributed by atoms with van der Waals surface area (Å²) in [5, 5.41) is 13.6. The topological polar surface area (TPSA) is 35.5 Å². The summed E-state index contributed by atoms with van der Waals surface area (Å²) in [6, 6.07) is 0.717. The van der Waals surface area contributed by atoms with Gasteiger partial charge in [0.1, 0.15) is 0 Å². The summed E-state index contributed by atoms with van der Waals surface area (Å²) in [6.07, 6.45) is 5.20. The van der Waals surface area contributed by atoms with E-state index in [1.165, 1.54) is 32.2 Å². The largest absolute Gasteiger partial charge is 0.389 e. The standard InChI is InChI=1S/C14H30N2O/c1-13(2,14(3,4)17)15-10-9-12-8-6-7-11-16(12)5/h12,15,17H,6-11H2,1-5H3. The van der Waals surface area contributed by atoms with Crippen molar-refractivity contribution in [3.05, 3.63) is 0 Å². The van der Waals surface area contributed by atoms with Crippen molar-refractivity contribution in [2.45, 2.75) is 70.6 Å². The van der Waals surface area contributed by atoms with Crippen molar-refractivity contribution >= 4 is 0 Å². The zero-order valence-electron chi connectivity index (χ0n) is 12.2. The number of piperidine rings is 1. The molecule has 0 aromatic carbocycles. The van der Waals surface area contributed by atoms with Gasteiger partial charge in [-0.3, -0.25) is 0 Å². The maximum atomic E-state index is 10.1. The van der Waals surface area contributed by atoms with Gasteiger partial charge in [-0.1, -0.05) is 6.42 Å². The molecule has 0 spiro atoms. The van der Waals surface area contributed by atoms with Crippen LogP contribution < -0.4 is 5.32 Å². The van der Waals surface area contributed by atoms with Gasteiger partial charge in [-0.05, 0) is 67.1 Å². The number of hydrogen-bond acceptors (Lipinski definition) is 3. The van der Waals surface area contributed by atoms with E-state index in [0.29, 0.717) is 6.04 Å². The molecule has 0 aromatic heterocycles. The van der Waals surface area contributed by atoms with Crippen LogP contribution in [-0.4, -0.2) is 47.3 Å². The summed E-state index contributed by atoms with van der Waals surface area (Å²) < 4.78 is 0. The highest BCUT2D eigenvalue weighted by molar-refractivity contribution is 4.93. The van der Waals surface area contributed by atoms with Gasteiger partial charge in [-0.25, -0.2) is 0 Å². The predicted molar refractivity (Wildman–Crippen MR) is 73.3 cm³/mol. The average molecular weight is 242 g/mol. The predicted octanol–water partition coefficient (Wildman–Crippen LogP) is 2.00. The van der Waals surface area contributed by atoms with Gasteiger partial charge in [0.15, 0.2) is 0 Å². The molecule has 3 heteroatoms. The van der Waals surface area contributed by atoms with Gasteiger partial charge >= 0.3 is 0 Å². The Bertz CT molecular complexity index is 233. The van der Waals surface area contributed by atoms with Gasteiger partial charge < -0.3 is 15.3 Å². The van der Waals surface area contributed by atoms with Gasteiger partial charge in [-0.2, -0.15) is 0 Å². The first-order valence-electron chi connectivity index (χ1n) is 6.92. The van der Waals surface area contributed by atoms with E-state index in [0.717, 1.165) is 6.54 Å². The maximum Gasteiger partial charge on any atom is 0.0767 e. The Labute approximate surface area is 107 Å². The van der Waals surface area contributed by atoms with Crippen molar-refractivity contribution in [2.75, 3.05) is 20.1 Å². The Hall–Kier alpha value is -0.120. The van der Waals surface area contributed by atoms with E-state index in [1.54, 1.807) is 0 Å². The van der Waals surface area contributed by atoms with Crippen LogP contribution in [0, 0.1) is 0 Å². The third-order valence-corrected chi connectivity index (χ3v) is 4.50. The van der Waals surface area contributed by atoms with Crippen molar-refractivity contribution in [3.63, 3.8) is 0 Å². The van der Waals surface area contributed by atoms with Crippen LogP contribution in [-0.2, 0) is 0 Å². The Morgan fingerprint density at radius 1 is 1.24 bits per heavy atom. The molecule has 1 fully saturated rings. The van der Waals surface area contributed by atoms with E-state index >= 15 is 0 Å². The minimum absolute atomic E-state index is 0.236. The molecular formula is C14H30N2O. The fourth-order valence-electron chi connectivity index (χ4n) is 2.28. The SMILES string of the molecule is CN1CCCCC1CCNC(C)(C)C(C)(C)O. The molecular weight excluding hydrogens is 212 g/mol. The molecule has 1 atom stereocenters. The van der Waals surface area contributed by atoms with Crippen molar-refractivity contribution in [1.29, 1.82) is 0 Å². The maximum absolute atomic E-state index is 10.1. The molecule has 0 radical (unpaired) electrons. The third kappa shape index (κ3) is 4.23. The van der Waals surface area contributed by atoms with E-state index in [1.807, 2.05) is 13.8 Å². The Balaban J connectivity index is 2.32. The summed E-state index contributed by atoms with van der Waals surface area (Å²) >= 11 is 0. The van der Waals surface area contributed by atoms with Crippen molar-refractivity contribution in [2.24, 2.45) is 0 Å². The molecule has 0 bridgehead atoms. The molecule has 0 aromatic rings. The van der Waals surface area contributed by atoms with Gasteiger partial charge in [0, 0.05) is 11.6 Å². The second-order valence-electron chi connectivity index (χ2n) is 6.53. The monoisotopic (exact) mass is 242 g/mol. The van der Waals surface area contributed by atoms with E-state index in [9.17, 15) is 5.11 Å². The zero-order valence-corrected chi connectivity index (χ0v) is 12.2. The normalized spacial score (nSPS) is 24.0. The molecule has 0 aliphatic carbocycles. The lowest BCUT2D eigenvalue weighted by Crippen LogP contribution is -2.56. The summed E-state index contributed by atoms with van der Waals surface area (Å²) in [5.41, 5.74) is -0.925. The Kier molecular flexibility index (Phi) is 4.99. The first-order valence-corrected chi connectivity index (χ1v) is 6.92. The lowest BCUT2D eigenvalue weighted by atomic mass is 9.86. The summed E-state index contributed by atoms with van der Waals surface area (Å²) in [6.45, 7) is 10.1. The highest BCUT2D eigenvalue weighted by Crippen LogP contribution is 2.21. The van der Waals surface area contributed by atoms with Crippen LogP contribution in [0.4, 0.5) is 0 Å². The number of rotatable bonds is 5. The molecule has 1 rings (SSSR count). The van der Waals surface area contributed by atoms with Gasteiger partial charge in [0.05, 0.1) is 5.60 Å². The highest BCUT2D eigenvalue weighted by Gasteiger charge is 2.34. The molecule has 3 nitrogen and oxygen atoms in total. The highest BCUT2D eigenvalue weighted by atomic mass is 16.3.